The average Bonchev–Trinajstić information content (AvgIpc) is 3.56. The zero-order chi connectivity index (χ0) is 35.2. The van der Waals surface area contributed by atoms with Crippen molar-refractivity contribution >= 4 is 10.8 Å². The molecule has 10 rings (SSSR count). The fourth-order valence-electron chi connectivity index (χ4n) is 8.22. The summed E-state index contributed by atoms with van der Waals surface area (Å²) in [6.45, 7) is 0. The van der Waals surface area contributed by atoms with E-state index in [1.807, 2.05) is 36.4 Å². The number of hydrogen-bond acceptors (Lipinski definition) is 3. The second-order valence-corrected chi connectivity index (χ2v) is 13.5. The van der Waals surface area contributed by atoms with E-state index in [-0.39, 0.29) is 0 Å². The summed E-state index contributed by atoms with van der Waals surface area (Å²) in [6, 6.07) is 70.7. The highest BCUT2D eigenvalue weighted by Crippen LogP contribution is 2.58. The van der Waals surface area contributed by atoms with Crippen LogP contribution in [0.4, 0.5) is 0 Å². The fraction of sp³-hybridized carbons (Fsp3) is 0.0200. The normalized spacial score (nSPS) is 12.7. The molecule has 1 aliphatic rings. The first kappa shape index (κ1) is 30.8. The maximum atomic E-state index is 5.62. The van der Waals surface area contributed by atoms with Gasteiger partial charge in [0.15, 0.2) is 5.82 Å². The smallest absolute Gasteiger partial charge is 0.160 e. The molecule has 2 heterocycles. The Morgan fingerprint density at radius 1 is 0.340 bits per heavy atom. The Balaban J connectivity index is 1.16. The van der Waals surface area contributed by atoms with Gasteiger partial charge in [0, 0.05) is 38.8 Å². The van der Waals surface area contributed by atoms with Crippen LogP contribution in [-0.2, 0) is 5.41 Å². The third kappa shape index (κ3) is 5.01. The second kappa shape index (κ2) is 12.7. The number of aromatic nitrogens is 3. The number of hydrogen-bond donors (Lipinski definition) is 0. The molecule has 0 fully saturated rings. The lowest BCUT2D eigenvalue weighted by Gasteiger charge is -2.34. The number of benzene rings is 7. The van der Waals surface area contributed by atoms with Crippen molar-refractivity contribution in [1.82, 2.24) is 15.0 Å². The molecule has 248 valence electrons. The Hall–Kier alpha value is -6.97. The van der Waals surface area contributed by atoms with E-state index in [4.69, 9.17) is 15.0 Å². The molecule has 0 amide bonds. The van der Waals surface area contributed by atoms with Gasteiger partial charge in [-0.15, -0.1) is 0 Å². The molecule has 1 aliphatic carbocycles. The van der Waals surface area contributed by atoms with E-state index < -0.39 is 5.41 Å². The quantitative estimate of drug-likeness (QED) is 0.176. The van der Waals surface area contributed by atoms with Crippen molar-refractivity contribution in [3.05, 3.63) is 222 Å². The van der Waals surface area contributed by atoms with Gasteiger partial charge in [-0.25, -0.2) is 15.0 Å². The van der Waals surface area contributed by atoms with Gasteiger partial charge in [0.1, 0.15) is 0 Å². The van der Waals surface area contributed by atoms with Gasteiger partial charge < -0.3 is 0 Å². The summed E-state index contributed by atoms with van der Waals surface area (Å²) in [4.78, 5) is 15.8. The van der Waals surface area contributed by atoms with E-state index in [1.165, 1.54) is 33.2 Å². The molecule has 0 N–H and O–H groups in total. The highest BCUT2D eigenvalue weighted by molar-refractivity contribution is 6.04. The average molecular weight is 676 g/mol. The minimum Gasteiger partial charge on any atom is -0.247 e. The van der Waals surface area contributed by atoms with Crippen molar-refractivity contribution in [1.29, 1.82) is 0 Å². The van der Waals surface area contributed by atoms with Crippen LogP contribution in [0.3, 0.4) is 0 Å². The molecule has 7 aromatic carbocycles. The summed E-state index contributed by atoms with van der Waals surface area (Å²) in [5.41, 5.74) is 13.5. The van der Waals surface area contributed by atoms with E-state index >= 15 is 0 Å². The number of pyridine rings is 1. The summed E-state index contributed by atoms with van der Waals surface area (Å²) in [7, 11) is 0. The first-order valence-corrected chi connectivity index (χ1v) is 18.0. The second-order valence-electron chi connectivity index (χ2n) is 13.5. The van der Waals surface area contributed by atoms with Crippen LogP contribution in [0.2, 0.25) is 0 Å². The minimum atomic E-state index is -0.527. The molecule has 0 unspecified atom stereocenters. The molecular weight excluding hydrogens is 643 g/mol. The predicted octanol–water partition coefficient (Wildman–Crippen LogP) is 12.1. The highest BCUT2D eigenvalue weighted by Gasteiger charge is 2.48. The van der Waals surface area contributed by atoms with Gasteiger partial charge in [-0.2, -0.15) is 0 Å². The van der Waals surface area contributed by atoms with Crippen molar-refractivity contribution in [2.45, 2.75) is 5.41 Å². The van der Waals surface area contributed by atoms with Gasteiger partial charge in [0.25, 0.3) is 0 Å². The maximum Gasteiger partial charge on any atom is 0.160 e. The maximum absolute atomic E-state index is 5.62. The fourth-order valence-corrected chi connectivity index (χ4v) is 8.22. The zero-order valence-corrected chi connectivity index (χ0v) is 28.9. The summed E-state index contributed by atoms with van der Waals surface area (Å²) in [5.74, 6) is 0.688. The summed E-state index contributed by atoms with van der Waals surface area (Å²) < 4.78 is 0. The number of rotatable bonds is 6. The summed E-state index contributed by atoms with van der Waals surface area (Å²) >= 11 is 0. The topological polar surface area (TPSA) is 38.7 Å². The molecule has 0 saturated carbocycles. The lowest BCUT2D eigenvalue weighted by atomic mass is 9.67. The van der Waals surface area contributed by atoms with E-state index in [1.54, 1.807) is 0 Å². The highest BCUT2D eigenvalue weighted by atomic mass is 14.9. The molecule has 2 aromatic heterocycles. The molecule has 3 heteroatoms. The van der Waals surface area contributed by atoms with Crippen molar-refractivity contribution in [3.63, 3.8) is 0 Å². The Bertz CT molecular complexity index is 2650. The molecule has 0 bridgehead atoms. The Morgan fingerprint density at radius 3 is 1.40 bits per heavy atom. The predicted molar refractivity (Wildman–Crippen MR) is 216 cm³/mol. The van der Waals surface area contributed by atoms with Crippen LogP contribution in [0, 0.1) is 0 Å². The number of fused-ring (bicyclic) bond motifs is 5. The third-order valence-electron chi connectivity index (χ3n) is 10.6. The standard InChI is InChI=1S/C50H33N3/c1-5-17-34(18-6-1)44-33-45(35-19-7-2-8-20-35)52-49(51-44)37-31-29-36(30-32-37)47-41-26-14-13-25-40(41)46-48(53-47)42-27-15-16-28-43(42)50(46,38-21-9-3-10-22-38)39-23-11-4-12-24-39/h1-33H. The Morgan fingerprint density at radius 2 is 0.811 bits per heavy atom. The van der Waals surface area contributed by atoms with Crippen LogP contribution in [0.1, 0.15) is 22.3 Å². The molecule has 9 aromatic rings. The first-order valence-electron chi connectivity index (χ1n) is 18.0. The van der Waals surface area contributed by atoms with Gasteiger partial charge >= 0.3 is 0 Å². The Labute approximate surface area is 309 Å². The van der Waals surface area contributed by atoms with E-state index in [2.05, 4.69) is 164 Å². The number of nitrogens with zero attached hydrogens (tertiary/aromatic N) is 3. The molecule has 53 heavy (non-hydrogen) atoms. The Kier molecular flexibility index (Phi) is 7.36. The first-order chi connectivity index (χ1) is 26.3. The summed E-state index contributed by atoms with van der Waals surface area (Å²) in [5, 5.41) is 2.32. The molecule has 0 radical (unpaired) electrons. The van der Waals surface area contributed by atoms with Crippen LogP contribution in [-0.4, -0.2) is 15.0 Å². The van der Waals surface area contributed by atoms with E-state index in [9.17, 15) is 0 Å². The minimum absolute atomic E-state index is 0.527. The monoisotopic (exact) mass is 675 g/mol. The lowest BCUT2D eigenvalue weighted by Crippen LogP contribution is -2.29. The van der Waals surface area contributed by atoms with E-state index in [0.717, 1.165) is 50.4 Å². The van der Waals surface area contributed by atoms with Gasteiger partial charge in [-0.05, 0) is 28.1 Å². The molecule has 0 spiro atoms. The van der Waals surface area contributed by atoms with Gasteiger partial charge in [0.2, 0.25) is 0 Å². The molecule has 0 saturated heterocycles. The van der Waals surface area contributed by atoms with Crippen LogP contribution in [0.15, 0.2) is 200 Å². The SMILES string of the molecule is c1ccc(-c2cc(-c3ccccc3)nc(-c3ccc(-c4nc5c(c6ccccc46)C(c4ccccc4)(c4ccccc4)c4ccccc4-5)cc3)n2)cc1. The van der Waals surface area contributed by atoms with Gasteiger partial charge in [-0.1, -0.05) is 194 Å². The van der Waals surface area contributed by atoms with Crippen molar-refractivity contribution in [2.24, 2.45) is 0 Å². The summed E-state index contributed by atoms with van der Waals surface area (Å²) in [6.07, 6.45) is 0. The van der Waals surface area contributed by atoms with Crippen LogP contribution >= 0.6 is 0 Å². The van der Waals surface area contributed by atoms with E-state index in [0.29, 0.717) is 5.82 Å². The molecule has 0 atom stereocenters. The van der Waals surface area contributed by atoms with Crippen LogP contribution in [0.5, 0.6) is 0 Å². The van der Waals surface area contributed by atoms with Gasteiger partial charge in [0.05, 0.1) is 28.2 Å². The van der Waals surface area contributed by atoms with Crippen LogP contribution < -0.4 is 0 Å². The molecule has 0 aliphatic heterocycles. The largest absolute Gasteiger partial charge is 0.247 e. The zero-order valence-electron chi connectivity index (χ0n) is 28.9. The van der Waals surface area contributed by atoms with Crippen molar-refractivity contribution in [2.75, 3.05) is 0 Å². The molecule has 3 nitrogen and oxygen atoms in total. The van der Waals surface area contributed by atoms with Gasteiger partial charge in [-0.3, -0.25) is 0 Å². The van der Waals surface area contributed by atoms with Crippen molar-refractivity contribution < 1.29 is 0 Å². The lowest BCUT2D eigenvalue weighted by molar-refractivity contribution is 0.774. The van der Waals surface area contributed by atoms with Crippen molar-refractivity contribution in [3.8, 4) is 56.4 Å². The molecular formula is C50H33N3. The van der Waals surface area contributed by atoms with Crippen LogP contribution in [0.25, 0.3) is 67.2 Å². The third-order valence-corrected chi connectivity index (χ3v) is 10.6.